The van der Waals surface area contributed by atoms with Gasteiger partial charge in [-0.1, -0.05) is 19.1 Å². The minimum absolute atomic E-state index is 0.155. The van der Waals surface area contributed by atoms with E-state index < -0.39 is 0 Å². The van der Waals surface area contributed by atoms with Gasteiger partial charge in [-0.05, 0) is 45.0 Å². The summed E-state index contributed by atoms with van der Waals surface area (Å²) in [6.07, 6.45) is 3.80. The number of likely N-dealkylation sites (N-methyl/N-ethyl adjacent to an activating group) is 1. The number of para-hydroxylation sites is 1. The number of nitrogens with one attached hydrogen (secondary N) is 1. The molecule has 6 heteroatoms. The quantitative estimate of drug-likeness (QED) is 0.916. The van der Waals surface area contributed by atoms with Gasteiger partial charge in [0.1, 0.15) is 11.5 Å². The predicted molar refractivity (Wildman–Crippen MR) is 90.9 cm³/mol. The van der Waals surface area contributed by atoms with E-state index in [1.165, 1.54) is 23.4 Å². The maximum Gasteiger partial charge on any atom is 0.254 e. The Labute approximate surface area is 141 Å². The summed E-state index contributed by atoms with van der Waals surface area (Å²) in [5, 5.41) is 7.18. The van der Waals surface area contributed by atoms with E-state index in [1.807, 2.05) is 0 Å². The van der Waals surface area contributed by atoms with Gasteiger partial charge >= 0.3 is 0 Å². The fourth-order valence-corrected chi connectivity index (χ4v) is 3.35. The molecule has 0 radical (unpaired) electrons. The molecule has 1 aliphatic rings. The summed E-state index contributed by atoms with van der Waals surface area (Å²) in [4.78, 5) is 14.9. The average molecular weight is 330 g/mol. The number of carbonyl (C=O) groups is 1. The minimum atomic E-state index is -0.361. The molecule has 0 aliphatic carbocycles. The fourth-order valence-electron chi connectivity index (χ4n) is 3.35. The average Bonchev–Trinajstić information content (AvgIpc) is 3.19. The first-order valence-electron chi connectivity index (χ1n) is 8.43. The SMILES string of the molecule is CCN1CCCC1CNC(=O)c1cnn(-c2ccccc2F)c1C. The Balaban J connectivity index is 1.71. The molecule has 24 heavy (non-hydrogen) atoms. The minimum Gasteiger partial charge on any atom is -0.350 e. The summed E-state index contributed by atoms with van der Waals surface area (Å²) in [6.45, 7) is 6.66. The van der Waals surface area contributed by atoms with Gasteiger partial charge in [-0.25, -0.2) is 9.07 Å². The van der Waals surface area contributed by atoms with E-state index in [-0.39, 0.29) is 11.7 Å². The molecule has 1 atom stereocenters. The smallest absolute Gasteiger partial charge is 0.254 e. The normalized spacial score (nSPS) is 18.0. The Morgan fingerprint density at radius 1 is 1.42 bits per heavy atom. The van der Waals surface area contributed by atoms with Crippen LogP contribution in [0.2, 0.25) is 0 Å². The maximum atomic E-state index is 13.9. The summed E-state index contributed by atoms with van der Waals surface area (Å²) in [5.41, 5.74) is 1.47. The molecule has 128 valence electrons. The van der Waals surface area contributed by atoms with E-state index in [1.54, 1.807) is 25.1 Å². The molecule has 2 heterocycles. The van der Waals surface area contributed by atoms with Crippen molar-refractivity contribution in [3.8, 4) is 5.69 Å². The molecule has 0 bridgehead atoms. The van der Waals surface area contributed by atoms with Crippen LogP contribution in [0.3, 0.4) is 0 Å². The molecule has 2 aromatic rings. The lowest BCUT2D eigenvalue weighted by molar-refractivity contribution is 0.0940. The van der Waals surface area contributed by atoms with Gasteiger partial charge < -0.3 is 5.32 Å². The summed E-state index contributed by atoms with van der Waals surface area (Å²) < 4.78 is 15.4. The highest BCUT2D eigenvalue weighted by molar-refractivity contribution is 5.95. The van der Waals surface area contributed by atoms with Crippen molar-refractivity contribution in [2.24, 2.45) is 0 Å². The van der Waals surface area contributed by atoms with Crippen molar-refractivity contribution in [1.29, 1.82) is 0 Å². The molecule has 1 aromatic carbocycles. The first-order valence-corrected chi connectivity index (χ1v) is 8.43. The summed E-state index contributed by atoms with van der Waals surface area (Å²) in [6, 6.07) is 6.82. The van der Waals surface area contributed by atoms with E-state index in [9.17, 15) is 9.18 Å². The number of aromatic nitrogens is 2. The number of benzene rings is 1. The van der Waals surface area contributed by atoms with Crippen LogP contribution in [0.15, 0.2) is 30.5 Å². The number of amides is 1. The zero-order valence-corrected chi connectivity index (χ0v) is 14.1. The van der Waals surface area contributed by atoms with Gasteiger partial charge in [-0.3, -0.25) is 9.69 Å². The molecule has 3 rings (SSSR count). The van der Waals surface area contributed by atoms with E-state index >= 15 is 0 Å². The molecule has 1 unspecified atom stereocenters. The van der Waals surface area contributed by atoms with Crippen molar-refractivity contribution in [2.75, 3.05) is 19.6 Å². The van der Waals surface area contributed by atoms with Crippen LogP contribution in [-0.4, -0.2) is 46.3 Å². The lowest BCUT2D eigenvalue weighted by atomic mass is 10.2. The third-order valence-corrected chi connectivity index (χ3v) is 4.74. The van der Waals surface area contributed by atoms with Crippen LogP contribution in [0.25, 0.3) is 5.69 Å². The number of hydrogen-bond acceptors (Lipinski definition) is 3. The van der Waals surface area contributed by atoms with Crippen molar-refractivity contribution < 1.29 is 9.18 Å². The molecule has 1 aromatic heterocycles. The van der Waals surface area contributed by atoms with Gasteiger partial charge in [0.2, 0.25) is 0 Å². The van der Waals surface area contributed by atoms with Crippen LogP contribution >= 0.6 is 0 Å². The third kappa shape index (κ3) is 3.19. The molecule has 5 nitrogen and oxygen atoms in total. The van der Waals surface area contributed by atoms with Gasteiger partial charge in [0.05, 0.1) is 17.5 Å². The van der Waals surface area contributed by atoms with Crippen molar-refractivity contribution in [1.82, 2.24) is 20.0 Å². The Bertz CT molecular complexity index is 728. The van der Waals surface area contributed by atoms with E-state index in [4.69, 9.17) is 0 Å². The maximum absolute atomic E-state index is 13.9. The van der Waals surface area contributed by atoms with Crippen molar-refractivity contribution >= 4 is 5.91 Å². The van der Waals surface area contributed by atoms with Crippen LogP contribution in [0.1, 0.15) is 35.8 Å². The van der Waals surface area contributed by atoms with E-state index in [0.717, 1.165) is 19.5 Å². The van der Waals surface area contributed by atoms with Crippen molar-refractivity contribution in [3.63, 3.8) is 0 Å². The second-order valence-electron chi connectivity index (χ2n) is 6.14. The largest absolute Gasteiger partial charge is 0.350 e. The Morgan fingerprint density at radius 3 is 2.96 bits per heavy atom. The molecule has 0 spiro atoms. The molecule has 1 aliphatic heterocycles. The van der Waals surface area contributed by atoms with Gasteiger partial charge in [0.15, 0.2) is 0 Å². The molecule has 1 fully saturated rings. The molecular formula is C18H23FN4O. The topological polar surface area (TPSA) is 50.2 Å². The Kier molecular flexibility index (Phi) is 4.94. The highest BCUT2D eigenvalue weighted by Gasteiger charge is 2.24. The highest BCUT2D eigenvalue weighted by Crippen LogP contribution is 2.18. The standard InChI is InChI=1S/C18H23FN4O/c1-3-22-10-6-7-14(22)11-20-18(24)15-12-21-23(13(15)2)17-9-5-4-8-16(17)19/h4-5,8-9,12,14H,3,6-7,10-11H2,1-2H3,(H,20,24). The number of hydrogen-bond donors (Lipinski definition) is 1. The zero-order valence-electron chi connectivity index (χ0n) is 14.1. The van der Waals surface area contributed by atoms with Crippen LogP contribution < -0.4 is 5.32 Å². The van der Waals surface area contributed by atoms with Gasteiger partial charge in [0.25, 0.3) is 5.91 Å². The number of nitrogens with zero attached hydrogens (tertiary/aromatic N) is 3. The lowest BCUT2D eigenvalue weighted by Gasteiger charge is -2.22. The number of carbonyl (C=O) groups excluding carboxylic acids is 1. The van der Waals surface area contributed by atoms with Crippen LogP contribution in [0, 0.1) is 12.7 Å². The van der Waals surface area contributed by atoms with Crippen LogP contribution in [0.4, 0.5) is 4.39 Å². The molecule has 1 N–H and O–H groups in total. The number of rotatable bonds is 5. The lowest BCUT2D eigenvalue weighted by Crippen LogP contribution is -2.40. The molecule has 1 saturated heterocycles. The summed E-state index contributed by atoms with van der Waals surface area (Å²) in [5.74, 6) is -0.516. The van der Waals surface area contributed by atoms with Gasteiger partial charge in [-0.2, -0.15) is 5.10 Å². The molecule has 1 amide bonds. The second-order valence-corrected chi connectivity index (χ2v) is 6.14. The number of likely N-dealkylation sites (tertiary alicyclic amines) is 1. The van der Waals surface area contributed by atoms with Crippen molar-refractivity contribution in [2.45, 2.75) is 32.7 Å². The summed E-state index contributed by atoms with van der Waals surface area (Å²) in [7, 11) is 0. The second kappa shape index (κ2) is 7.13. The van der Waals surface area contributed by atoms with Gasteiger partial charge in [0, 0.05) is 12.6 Å². The zero-order chi connectivity index (χ0) is 17.1. The first-order chi connectivity index (χ1) is 11.6. The Morgan fingerprint density at radius 2 is 2.21 bits per heavy atom. The third-order valence-electron chi connectivity index (χ3n) is 4.74. The Hall–Kier alpha value is -2.21. The van der Waals surface area contributed by atoms with Crippen molar-refractivity contribution in [3.05, 3.63) is 47.5 Å². The molecular weight excluding hydrogens is 307 g/mol. The van der Waals surface area contributed by atoms with Gasteiger partial charge in [-0.15, -0.1) is 0 Å². The first kappa shape index (κ1) is 16.6. The highest BCUT2D eigenvalue weighted by atomic mass is 19.1. The predicted octanol–water partition coefficient (Wildman–Crippen LogP) is 2.53. The van der Waals surface area contributed by atoms with E-state index in [2.05, 4.69) is 22.2 Å². The van der Waals surface area contributed by atoms with E-state index in [0.29, 0.717) is 29.5 Å². The van der Waals surface area contributed by atoms with Crippen LogP contribution in [0.5, 0.6) is 0 Å². The number of halogens is 1. The molecule has 0 saturated carbocycles. The fraction of sp³-hybridized carbons (Fsp3) is 0.444. The monoisotopic (exact) mass is 330 g/mol. The summed E-state index contributed by atoms with van der Waals surface area (Å²) >= 11 is 0. The van der Waals surface area contributed by atoms with Crippen LogP contribution in [-0.2, 0) is 0 Å².